The van der Waals surface area contributed by atoms with Gasteiger partial charge in [0.2, 0.25) is 0 Å². The highest BCUT2D eigenvalue weighted by Crippen LogP contribution is 2.26. The summed E-state index contributed by atoms with van der Waals surface area (Å²) in [6, 6.07) is 8.55. The van der Waals surface area contributed by atoms with E-state index in [9.17, 15) is 19.3 Å². The maximum atomic E-state index is 13.9. The van der Waals surface area contributed by atoms with Gasteiger partial charge in [0.15, 0.2) is 0 Å². The van der Waals surface area contributed by atoms with E-state index in [1.54, 1.807) is 17.0 Å². The van der Waals surface area contributed by atoms with E-state index in [0.29, 0.717) is 43.3 Å². The van der Waals surface area contributed by atoms with E-state index >= 15 is 0 Å². The quantitative estimate of drug-likeness (QED) is 0.563. The van der Waals surface area contributed by atoms with Gasteiger partial charge in [0.1, 0.15) is 11.4 Å². The third-order valence-corrected chi connectivity index (χ3v) is 5.08. The highest BCUT2D eigenvalue weighted by molar-refractivity contribution is 6.31. The Morgan fingerprint density at radius 1 is 1.15 bits per heavy atom. The lowest BCUT2D eigenvalue weighted by molar-refractivity contribution is -0.385. The van der Waals surface area contributed by atoms with Crippen molar-refractivity contribution in [3.8, 4) is 0 Å². The minimum atomic E-state index is -0.616. The first kappa shape index (κ1) is 19.5. The van der Waals surface area contributed by atoms with E-state index < -0.39 is 10.8 Å². The number of hydrogen-bond donors (Lipinski definition) is 0. The molecule has 1 fully saturated rings. The average molecular weight is 412 g/mol. The molecule has 1 heterocycles. The summed E-state index contributed by atoms with van der Waals surface area (Å²) in [6.07, 6.45) is 0. The fourth-order valence-corrected chi connectivity index (χ4v) is 3.41. The largest absolute Gasteiger partial charge is 0.336 e. The van der Waals surface area contributed by atoms with Gasteiger partial charge >= 0.3 is 0 Å². The molecule has 0 bridgehead atoms. The van der Waals surface area contributed by atoms with E-state index in [1.807, 2.05) is 4.90 Å². The normalized spacial score (nSPS) is 15.0. The van der Waals surface area contributed by atoms with Gasteiger partial charge in [0.05, 0.1) is 4.92 Å². The van der Waals surface area contributed by atoms with Gasteiger partial charge in [-0.15, -0.1) is 0 Å². The van der Waals surface area contributed by atoms with Crippen molar-refractivity contribution in [2.45, 2.75) is 6.54 Å². The molecule has 0 aromatic heterocycles. The number of piperazine rings is 1. The Morgan fingerprint density at radius 3 is 2.48 bits per heavy atom. The average Bonchev–Trinajstić information content (AvgIpc) is 2.65. The first-order chi connectivity index (χ1) is 12.9. The van der Waals surface area contributed by atoms with Crippen molar-refractivity contribution in [1.82, 2.24) is 9.80 Å². The third kappa shape index (κ3) is 4.37. The lowest BCUT2D eigenvalue weighted by atomic mass is 10.1. The van der Waals surface area contributed by atoms with Crippen LogP contribution in [0.3, 0.4) is 0 Å². The van der Waals surface area contributed by atoms with Gasteiger partial charge in [0.25, 0.3) is 11.6 Å². The monoisotopic (exact) mass is 411 g/mol. The number of rotatable bonds is 4. The van der Waals surface area contributed by atoms with Crippen LogP contribution in [0.5, 0.6) is 0 Å². The van der Waals surface area contributed by atoms with Gasteiger partial charge in [-0.1, -0.05) is 29.3 Å². The summed E-state index contributed by atoms with van der Waals surface area (Å²) >= 11 is 11.9. The van der Waals surface area contributed by atoms with Gasteiger partial charge in [-0.25, -0.2) is 4.39 Å². The molecule has 0 aliphatic carbocycles. The second-order valence-corrected chi connectivity index (χ2v) is 7.03. The Labute approximate surface area is 165 Å². The Bertz CT molecular complexity index is 866. The summed E-state index contributed by atoms with van der Waals surface area (Å²) in [7, 11) is 0. The number of benzene rings is 2. The first-order valence-electron chi connectivity index (χ1n) is 8.25. The Kier molecular flexibility index (Phi) is 5.94. The number of nitro benzene ring substituents is 1. The van der Waals surface area contributed by atoms with Crippen LogP contribution in [-0.4, -0.2) is 46.8 Å². The van der Waals surface area contributed by atoms with Crippen molar-refractivity contribution in [3.63, 3.8) is 0 Å². The lowest BCUT2D eigenvalue weighted by Gasteiger charge is -2.34. The molecule has 0 saturated carbocycles. The summed E-state index contributed by atoms with van der Waals surface area (Å²) < 4.78 is 13.9. The third-order valence-electron chi connectivity index (χ3n) is 4.49. The van der Waals surface area contributed by atoms with Crippen LogP contribution in [0.2, 0.25) is 10.0 Å². The minimum Gasteiger partial charge on any atom is -0.336 e. The van der Waals surface area contributed by atoms with Crippen LogP contribution in [0.25, 0.3) is 0 Å². The second kappa shape index (κ2) is 8.21. The van der Waals surface area contributed by atoms with Crippen molar-refractivity contribution in [3.05, 3.63) is 73.5 Å². The van der Waals surface area contributed by atoms with Gasteiger partial charge < -0.3 is 4.90 Å². The number of nitro groups is 1. The van der Waals surface area contributed by atoms with Gasteiger partial charge in [-0.2, -0.15) is 0 Å². The molecule has 142 valence electrons. The molecule has 0 unspecified atom stereocenters. The summed E-state index contributed by atoms with van der Waals surface area (Å²) in [5.74, 6) is -0.778. The highest BCUT2D eigenvalue weighted by atomic mass is 35.5. The molecule has 0 atom stereocenters. The fraction of sp³-hybridized carbons (Fsp3) is 0.278. The number of carbonyl (C=O) groups excluding carboxylic acids is 1. The molecule has 2 aromatic carbocycles. The summed E-state index contributed by atoms with van der Waals surface area (Å²) in [5, 5.41) is 11.8. The predicted octanol–water partition coefficient (Wildman–Crippen LogP) is 4.00. The molecular weight excluding hydrogens is 396 g/mol. The van der Waals surface area contributed by atoms with E-state index in [2.05, 4.69) is 0 Å². The van der Waals surface area contributed by atoms with Crippen molar-refractivity contribution >= 4 is 34.8 Å². The Balaban J connectivity index is 1.67. The lowest BCUT2D eigenvalue weighted by Crippen LogP contribution is -2.48. The fourth-order valence-electron chi connectivity index (χ4n) is 3.02. The van der Waals surface area contributed by atoms with Crippen molar-refractivity contribution in [2.24, 2.45) is 0 Å². The predicted molar refractivity (Wildman–Crippen MR) is 101 cm³/mol. The summed E-state index contributed by atoms with van der Waals surface area (Å²) in [4.78, 5) is 26.8. The number of hydrogen-bond acceptors (Lipinski definition) is 4. The van der Waals surface area contributed by atoms with Crippen LogP contribution in [0, 0.1) is 15.9 Å². The van der Waals surface area contributed by atoms with Crippen LogP contribution in [0.15, 0.2) is 36.4 Å². The molecule has 1 aliphatic heterocycles. The topological polar surface area (TPSA) is 66.7 Å². The van der Waals surface area contributed by atoms with Crippen molar-refractivity contribution < 1.29 is 14.1 Å². The highest BCUT2D eigenvalue weighted by Gasteiger charge is 2.28. The minimum absolute atomic E-state index is 0.00926. The molecule has 6 nitrogen and oxygen atoms in total. The van der Waals surface area contributed by atoms with Crippen LogP contribution >= 0.6 is 23.2 Å². The Hall–Kier alpha value is -2.22. The second-order valence-electron chi connectivity index (χ2n) is 6.19. The number of nitrogens with zero attached hydrogens (tertiary/aromatic N) is 3. The molecule has 0 spiro atoms. The molecule has 3 rings (SSSR count). The van der Waals surface area contributed by atoms with E-state index in [-0.39, 0.29) is 22.1 Å². The molecule has 0 radical (unpaired) electrons. The standard InChI is InChI=1S/C18H16Cl2FN3O3/c19-12-4-5-13(17(10-12)24(26)27)18(25)23-8-6-22(7-9-23)11-14-15(20)2-1-3-16(14)21/h1-5,10H,6-9,11H2. The zero-order valence-corrected chi connectivity index (χ0v) is 15.7. The van der Waals surface area contributed by atoms with Crippen LogP contribution < -0.4 is 0 Å². The Morgan fingerprint density at radius 2 is 1.85 bits per heavy atom. The maximum Gasteiger partial charge on any atom is 0.283 e. The molecule has 1 amide bonds. The van der Waals surface area contributed by atoms with Gasteiger partial charge in [0, 0.05) is 54.4 Å². The first-order valence-corrected chi connectivity index (χ1v) is 9.01. The van der Waals surface area contributed by atoms with E-state index in [4.69, 9.17) is 23.2 Å². The molecule has 1 saturated heterocycles. The summed E-state index contributed by atoms with van der Waals surface area (Å²) in [5.41, 5.74) is 0.121. The zero-order chi connectivity index (χ0) is 19.6. The molecular formula is C18H16Cl2FN3O3. The van der Waals surface area contributed by atoms with Crippen LogP contribution in [0.4, 0.5) is 10.1 Å². The smallest absolute Gasteiger partial charge is 0.283 e. The summed E-state index contributed by atoms with van der Waals surface area (Å²) in [6.45, 7) is 2.12. The van der Waals surface area contributed by atoms with Crippen LogP contribution in [0.1, 0.15) is 15.9 Å². The molecule has 9 heteroatoms. The van der Waals surface area contributed by atoms with Crippen molar-refractivity contribution in [1.29, 1.82) is 0 Å². The van der Waals surface area contributed by atoms with Gasteiger partial charge in [-0.05, 0) is 24.3 Å². The molecule has 2 aromatic rings. The van der Waals surface area contributed by atoms with E-state index in [0.717, 1.165) is 0 Å². The molecule has 1 aliphatic rings. The van der Waals surface area contributed by atoms with E-state index in [1.165, 1.54) is 24.3 Å². The number of amides is 1. The van der Waals surface area contributed by atoms with Gasteiger partial charge in [-0.3, -0.25) is 19.8 Å². The number of carbonyl (C=O) groups is 1. The molecule has 27 heavy (non-hydrogen) atoms. The maximum absolute atomic E-state index is 13.9. The number of halogens is 3. The zero-order valence-electron chi connectivity index (χ0n) is 14.2. The SMILES string of the molecule is O=C(c1ccc(Cl)cc1[N+](=O)[O-])N1CCN(Cc2c(F)cccc2Cl)CC1. The van der Waals surface area contributed by atoms with Crippen molar-refractivity contribution in [2.75, 3.05) is 26.2 Å². The molecule has 0 N–H and O–H groups in total. The van der Waals surface area contributed by atoms with Crippen LogP contribution in [-0.2, 0) is 6.54 Å².